The zero-order valence-corrected chi connectivity index (χ0v) is 21.4. The number of carbonyl (C=O) groups excluding carboxylic acids is 1. The van der Waals surface area contributed by atoms with Crippen LogP contribution in [0.5, 0.6) is 5.75 Å². The summed E-state index contributed by atoms with van der Waals surface area (Å²) in [5.41, 5.74) is 8.77. The van der Waals surface area contributed by atoms with Gasteiger partial charge in [0, 0.05) is 37.5 Å². The Balaban J connectivity index is 1.36. The van der Waals surface area contributed by atoms with Gasteiger partial charge in [0.1, 0.15) is 12.6 Å². The summed E-state index contributed by atoms with van der Waals surface area (Å²) in [6, 6.07) is 10.0. The number of nitrogens with one attached hydrogen (secondary N) is 1. The summed E-state index contributed by atoms with van der Waals surface area (Å²) in [6.07, 6.45) is 6.30. The van der Waals surface area contributed by atoms with E-state index in [1.807, 2.05) is 37.5 Å². The monoisotopic (exact) mass is 518 g/mol. The minimum Gasteiger partial charge on any atom is -0.489 e. The molecule has 0 aliphatic carbocycles. The lowest BCUT2D eigenvalue weighted by atomic mass is 10.1. The highest BCUT2D eigenvalue weighted by atomic mass is 16.5. The molecule has 0 radical (unpaired) electrons. The van der Waals surface area contributed by atoms with Crippen LogP contribution in [0, 0.1) is 0 Å². The summed E-state index contributed by atoms with van der Waals surface area (Å²) < 4.78 is 13.8. The lowest BCUT2D eigenvalue weighted by Gasteiger charge is -2.17. The topological polar surface area (TPSA) is 152 Å². The first-order chi connectivity index (χ1) is 18.3. The van der Waals surface area contributed by atoms with Crippen LogP contribution in [0.25, 0.3) is 22.6 Å². The molecule has 1 amide bonds. The van der Waals surface area contributed by atoms with E-state index in [2.05, 4.69) is 25.5 Å². The lowest BCUT2D eigenvalue weighted by molar-refractivity contribution is -0.125. The highest BCUT2D eigenvalue weighted by molar-refractivity contribution is 5.82. The van der Waals surface area contributed by atoms with Crippen LogP contribution in [0.2, 0.25) is 0 Å². The first-order valence-corrected chi connectivity index (χ1v) is 12.0. The largest absolute Gasteiger partial charge is 0.489 e. The lowest BCUT2D eigenvalue weighted by Crippen LogP contribution is -2.48. The van der Waals surface area contributed by atoms with Gasteiger partial charge in [-0.1, -0.05) is 18.2 Å². The van der Waals surface area contributed by atoms with Gasteiger partial charge in [0.25, 0.3) is 5.56 Å². The number of rotatable bonds is 11. The number of amides is 1. The van der Waals surface area contributed by atoms with Crippen LogP contribution in [0.3, 0.4) is 0 Å². The maximum Gasteiger partial charge on any atom is 0.267 e. The fraction of sp³-hybridized carbons (Fsp3) is 0.308. The maximum absolute atomic E-state index is 12.4. The van der Waals surface area contributed by atoms with Crippen LogP contribution in [0.1, 0.15) is 12.5 Å². The molecule has 3 aromatic heterocycles. The summed E-state index contributed by atoms with van der Waals surface area (Å²) >= 11 is 0. The van der Waals surface area contributed by atoms with E-state index in [4.69, 9.17) is 15.2 Å². The second-order valence-electron chi connectivity index (χ2n) is 8.67. The third kappa shape index (κ3) is 6.66. The van der Waals surface area contributed by atoms with Gasteiger partial charge in [-0.15, -0.1) is 0 Å². The van der Waals surface area contributed by atoms with Crippen molar-refractivity contribution in [2.24, 2.45) is 12.8 Å². The standard InChI is InChI=1S/C26H30N8O4/c1-17(37-3)24(27)26(36)28-9-10-38-21-13-29-25(30-14-21)19-6-4-5-18(11-19)15-34-23(35)8-7-22(32-34)20-12-31-33(2)16-20/h4-8,11-14,16-17,24H,9-10,15,27H2,1-3H3,(H,28,36)/t17-,24-/m0/s1. The molecule has 2 atom stereocenters. The maximum atomic E-state index is 12.4. The van der Waals surface area contributed by atoms with Crippen LogP contribution in [-0.4, -0.2) is 67.8 Å². The normalized spacial score (nSPS) is 12.6. The van der Waals surface area contributed by atoms with Crippen LogP contribution in [-0.2, 0) is 23.1 Å². The zero-order valence-electron chi connectivity index (χ0n) is 21.4. The molecule has 4 rings (SSSR count). The van der Waals surface area contributed by atoms with Gasteiger partial charge in [-0.25, -0.2) is 14.6 Å². The Bertz CT molecular complexity index is 1430. The second kappa shape index (κ2) is 12.2. The van der Waals surface area contributed by atoms with E-state index in [-0.39, 0.29) is 30.7 Å². The van der Waals surface area contributed by atoms with Crippen LogP contribution < -0.4 is 21.3 Å². The number of aromatic nitrogens is 6. The Morgan fingerprint density at radius 1 is 1.13 bits per heavy atom. The smallest absolute Gasteiger partial charge is 0.267 e. The molecule has 38 heavy (non-hydrogen) atoms. The summed E-state index contributed by atoms with van der Waals surface area (Å²) in [4.78, 5) is 33.2. The molecule has 0 spiro atoms. The van der Waals surface area contributed by atoms with Gasteiger partial charge in [-0.3, -0.25) is 14.3 Å². The van der Waals surface area contributed by atoms with Crippen LogP contribution in [0.4, 0.5) is 0 Å². The first kappa shape index (κ1) is 26.6. The predicted molar refractivity (Wildman–Crippen MR) is 140 cm³/mol. The number of carbonyl (C=O) groups is 1. The highest BCUT2D eigenvalue weighted by Gasteiger charge is 2.19. The van der Waals surface area contributed by atoms with E-state index < -0.39 is 6.04 Å². The van der Waals surface area contributed by atoms with Crippen molar-refractivity contribution in [2.75, 3.05) is 20.3 Å². The third-order valence-corrected chi connectivity index (χ3v) is 5.86. The van der Waals surface area contributed by atoms with E-state index >= 15 is 0 Å². The van der Waals surface area contributed by atoms with Crippen molar-refractivity contribution >= 4 is 5.91 Å². The molecule has 12 heteroatoms. The van der Waals surface area contributed by atoms with Gasteiger partial charge >= 0.3 is 0 Å². The number of nitrogens with two attached hydrogens (primary N) is 1. The SMILES string of the molecule is CO[C@@H](C)[C@H](N)C(=O)NCCOc1cnc(-c2cccc(Cn3nc(-c4cnn(C)c4)ccc3=O)c2)nc1. The summed E-state index contributed by atoms with van der Waals surface area (Å²) in [5.74, 6) is 0.670. The summed E-state index contributed by atoms with van der Waals surface area (Å²) in [7, 11) is 3.33. The Labute approximate surface area is 219 Å². The molecule has 0 unspecified atom stereocenters. The van der Waals surface area contributed by atoms with Crippen molar-refractivity contribution in [3.05, 3.63) is 77.1 Å². The molecule has 3 N–H and O–H groups in total. The Kier molecular flexibility index (Phi) is 8.56. The number of aryl methyl sites for hydroxylation is 1. The fourth-order valence-electron chi connectivity index (χ4n) is 3.61. The predicted octanol–water partition coefficient (Wildman–Crippen LogP) is 1.01. The number of nitrogens with zero attached hydrogens (tertiary/aromatic N) is 6. The molecule has 1 aromatic carbocycles. The van der Waals surface area contributed by atoms with Gasteiger partial charge in [-0.05, 0) is 24.6 Å². The average molecular weight is 519 g/mol. The highest BCUT2D eigenvalue weighted by Crippen LogP contribution is 2.19. The van der Waals surface area contributed by atoms with Gasteiger partial charge < -0.3 is 20.5 Å². The van der Waals surface area contributed by atoms with E-state index in [1.54, 1.807) is 36.3 Å². The molecule has 0 saturated carbocycles. The quantitative estimate of drug-likeness (QED) is 0.277. The van der Waals surface area contributed by atoms with Gasteiger partial charge in [0.15, 0.2) is 11.6 Å². The van der Waals surface area contributed by atoms with Crippen molar-refractivity contribution in [1.82, 2.24) is 34.8 Å². The second-order valence-corrected chi connectivity index (χ2v) is 8.67. The Morgan fingerprint density at radius 3 is 2.63 bits per heavy atom. The molecule has 0 aliphatic heterocycles. The average Bonchev–Trinajstić information content (AvgIpc) is 3.38. The Morgan fingerprint density at radius 2 is 1.92 bits per heavy atom. The van der Waals surface area contributed by atoms with Crippen molar-refractivity contribution in [2.45, 2.75) is 25.6 Å². The molecule has 4 aromatic rings. The number of hydrogen-bond acceptors (Lipinski definition) is 9. The fourth-order valence-corrected chi connectivity index (χ4v) is 3.61. The minimum absolute atomic E-state index is 0.202. The molecule has 0 saturated heterocycles. The van der Waals surface area contributed by atoms with Gasteiger partial charge in [-0.2, -0.15) is 10.2 Å². The number of methoxy groups -OCH3 is 1. The summed E-state index contributed by atoms with van der Waals surface area (Å²) in [5, 5.41) is 11.4. The van der Waals surface area contributed by atoms with E-state index in [9.17, 15) is 9.59 Å². The molecule has 198 valence electrons. The van der Waals surface area contributed by atoms with Gasteiger partial charge in [0.05, 0.1) is 43.5 Å². The number of hydrogen-bond donors (Lipinski definition) is 2. The van der Waals surface area contributed by atoms with E-state index in [1.165, 1.54) is 17.9 Å². The van der Waals surface area contributed by atoms with Crippen molar-refractivity contribution in [3.8, 4) is 28.4 Å². The minimum atomic E-state index is -0.752. The Hall–Kier alpha value is -4.42. The van der Waals surface area contributed by atoms with E-state index in [0.717, 1.165) is 16.7 Å². The number of ether oxygens (including phenoxy) is 2. The van der Waals surface area contributed by atoms with Crippen LogP contribution in [0.15, 0.2) is 66.0 Å². The molecular weight excluding hydrogens is 488 g/mol. The van der Waals surface area contributed by atoms with Crippen LogP contribution >= 0.6 is 0 Å². The van der Waals surface area contributed by atoms with Gasteiger partial charge in [0.2, 0.25) is 5.91 Å². The van der Waals surface area contributed by atoms with Crippen molar-refractivity contribution in [3.63, 3.8) is 0 Å². The van der Waals surface area contributed by atoms with Crippen molar-refractivity contribution in [1.29, 1.82) is 0 Å². The molecule has 12 nitrogen and oxygen atoms in total. The number of benzene rings is 1. The first-order valence-electron chi connectivity index (χ1n) is 12.0. The molecule has 0 aliphatic rings. The molecular formula is C26H30N8O4. The van der Waals surface area contributed by atoms with E-state index in [0.29, 0.717) is 23.8 Å². The zero-order chi connectivity index (χ0) is 27.1. The molecule has 3 heterocycles. The molecule has 0 bridgehead atoms. The molecule has 0 fully saturated rings. The third-order valence-electron chi connectivity index (χ3n) is 5.86. The summed E-state index contributed by atoms with van der Waals surface area (Å²) in [6.45, 7) is 2.54. The van der Waals surface area contributed by atoms with Crippen molar-refractivity contribution < 1.29 is 14.3 Å².